The van der Waals surface area contributed by atoms with Gasteiger partial charge in [-0.15, -0.1) is 0 Å². The largest absolute Gasteiger partial charge is 0.508 e. The Morgan fingerprint density at radius 3 is 2.31 bits per heavy atom. The third-order valence-electron chi connectivity index (χ3n) is 4.31. The number of esters is 1. The third kappa shape index (κ3) is 5.68. The highest BCUT2D eigenvalue weighted by atomic mass is 16.7. The average Bonchev–Trinajstić information content (AvgIpc) is 3.26. The van der Waals surface area contributed by atoms with Crippen molar-refractivity contribution >= 4 is 12.1 Å². The number of carbonyl (C=O) groups excluding carboxylic acids is 2. The number of ether oxygens (including phenoxy) is 3. The Labute approximate surface area is 168 Å². The monoisotopic (exact) mass is 394 g/mol. The van der Waals surface area contributed by atoms with Crippen molar-refractivity contribution in [2.75, 3.05) is 13.2 Å². The Morgan fingerprint density at radius 2 is 1.59 bits per heavy atom. The van der Waals surface area contributed by atoms with Crippen LogP contribution in [0.3, 0.4) is 0 Å². The molecular formula is C22H22N2O5. The zero-order valence-corrected chi connectivity index (χ0v) is 16.1. The van der Waals surface area contributed by atoms with Crippen molar-refractivity contribution in [3.63, 3.8) is 0 Å². The van der Waals surface area contributed by atoms with E-state index in [0.717, 1.165) is 11.1 Å². The first-order chi connectivity index (χ1) is 14.1. The zero-order valence-electron chi connectivity index (χ0n) is 16.1. The molecule has 3 rings (SSSR count). The first-order valence-corrected chi connectivity index (χ1v) is 9.22. The first kappa shape index (κ1) is 20.1. The van der Waals surface area contributed by atoms with E-state index in [0.29, 0.717) is 5.69 Å². The molecule has 0 saturated carbocycles. The minimum absolute atomic E-state index is 0.0783. The predicted octanol–water partition coefficient (Wildman–Crippen LogP) is 4.00. The van der Waals surface area contributed by atoms with Crippen LogP contribution in [0.2, 0.25) is 0 Å². The number of imidazole rings is 1. The molecule has 1 heterocycles. The molecule has 7 nitrogen and oxygen atoms in total. The van der Waals surface area contributed by atoms with Gasteiger partial charge >= 0.3 is 12.1 Å². The highest BCUT2D eigenvalue weighted by Gasteiger charge is 2.18. The molecule has 2 aromatic carbocycles. The van der Waals surface area contributed by atoms with E-state index in [2.05, 4.69) is 4.98 Å². The van der Waals surface area contributed by atoms with Crippen molar-refractivity contribution in [2.24, 2.45) is 0 Å². The van der Waals surface area contributed by atoms with Gasteiger partial charge in [-0.1, -0.05) is 60.7 Å². The lowest BCUT2D eigenvalue weighted by atomic mass is 10.1. The van der Waals surface area contributed by atoms with Crippen LogP contribution in [0.1, 0.15) is 34.6 Å². The van der Waals surface area contributed by atoms with Crippen LogP contribution in [-0.4, -0.2) is 34.9 Å². The molecule has 29 heavy (non-hydrogen) atoms. The molecule has 1 aromatic heterocycles. The molecule has 1 atom stereocenters. The van der Waals surface area contributed by atoms with Gasteiger partial charge in [-0.25, -0.2) is 14.6 Å². The summed E-state index contributed by atoms with van der Waals surface area (Å²) in [7, 11) is 0. The van der Waals surface area contributed by atoms with Gasteiger partial charge < -0.3 is 18.8 Å². The van der Waals surface area contributed by atoms with Gasteiger partial charge in [0.25, 0.3) is 0 Å². The predicted molar refractivity (Wildman–Crippen MR) is 105 cm³/mol. The SMILES string of the molecule is CC(c1ccccc1)n1cncc1C(=O)OCCOC(=O)OCc1ccccc1. The molecule has 0 saturated heterocycles. The number of hydrogen-bond donors (Lipinski definition) is 0. The Hall–Kier alpha value is -3.61. The zero-order chi connectivity index (χ0) is 20.5. The lowest BCUT2D eigenvalue weighted by Gasteiger charge is -2.16. The van der Waals surface area contributed by atoms with Crippen molar-refractivity contribution in [3.05, 3.63) is 90.0 Å². The topological polar surface area (TPSA) is 79.7 Å². The van der Waals surface area contributed by atoms with E-state index in [-0.39, 0.29) is 25.9 Å². The third-order valence-corrected chi connectivity index (χ3v) is 4.31. The lowest BCUT2D eigenvalue weighted by molar-refractivity contribution is 0.0199. The standard InChI is InChI=1S/C22H22N2O5/c1-17(19-10-6-3-7-11-19)24-16-23-14-20(24)21(25)27-12-13-28-22(26)29-15-18-8-4-2-5-9-18/h2-11,14,16-17H,12-13,15H2,1H3. The number of hydrogen-bond acceptors (Lipinski definition) is 6. The van der Waals surface area contributed by atoms with Crippen LogP contribution in [0.15, 0.2) is 73.2 Å². The average molecular weight is 394 g/mol. The maximum Gasteiger partial charge on any atom is 0.508 e. The molecule has 0 spiro atoms. The fourth-order valence-electron chi connectivity index (χ4n) is 2.75. The number of benzene rings is 2. The second kappa shape index (κ2) is 10.1. The minimum atomic E-state index is -0.812. The van der Waals surface area contributed by atoms with E-state index in [4.69, 9.17) is 14.2 Å². The van der Waals surface area contributed by atoms with Gasteiger partial charge in [0.2, 0.25) is 0 Å². The highest BCUT2D eigenvalue weighted by Crippen LogP contribution is 2.19. The van der Waals surface area contributed by atoms with Crippen LogP contribution in [-0.2, 0) is 20.8 Å². The van der Waals surface area contributed by atoms with Crippen molar-refractivity contribution in [1.82, 2.24) is 9.55 Å². The van der Waals surface area contributed by atoms with E-state index in [1.807, 2.05) is 67.6 Å². The summed E-state index contributed by atoms with van der Waals surface area (Å²) in [6, 6.07) is 19.0. The molecule has 0 aliphatic rings. The quantitative estimate of drug-likeness (QED) is 0.424. The van der Waals surface area contributed by atoms with Crippen molar-refractivity contribution < 1.29 is 23.8 Å². The maximum absolute atomic E-state index is 12.4. The van der Waals surface area contributed by atoms with Crippen LogP contribution >= 0.6 is 0 Å². The van der Waals surface area contributed by atoms with Crippen molar-refractivity contribution in [2.45, 2.75) is 19.6 Å². The van der Waals surface area contributed by atoms with Crippen molar-refractivity contribution in [3.8, 4) is 0 Å². The molecule has 0 bridgehead atoms. The van der Waals surface area contributed by atoms with Gasteiger partial charge in [-0.2, -0.15) is 0 Å². The van der Waals surface area contributed by atoms with E-state index < -0.39 is 12.1 Å². The summed E-state index contributed by atoms with van der Waals surface area (Å²) in [6.45, 7) is 1.92. The van der Waals surface area contributed by atoms with Crippen molar-refractivity contribution in [1.29, 1.82) is 0 Å². The van der Waals surface area contributed by atoms with Gasteiger partial charge in [0.05, 0.1) is 18.6 Å². The molecule has 0 fully saturated rings. The van der Waals surface area contributed by atoms with Crippen LogP contribution in [0.4, 0.5) is 4.79 Å². The number of rotatable bonds is 8. The summed E-state index contributed by atoms with van der Waals surface area (Å²) in [5, 5.41) is 0. The minimum Gasteiger partial charge on any atom is -0.457 e. The van der Waals surface area contributed by atoms with E-state index in [1.165, 1.54) is 6.20 Å². The summed E-state index contributed by atoms with van der Waals surface area (Å²) in [6.07, 6.45) is 2.23. The molecule has 1 unspecified atom stereocenters. The van der Waals surface area contributed by atoms with Crippen LogP contribution in [0.25, 0.3) is 0 Å². The van der Waals surface area contributed by atoms with Gasteiger partial charge in [0.1, 0.15) is 25.5 Å². The fraction of sp³-hybridized carbons (Fsp3) is 0.227. The van der Waals surface area contributed by atoms with E-state index in [9.17, 15) is 9.59 Å². The molecule has 0 amide bonds. The second-order valence-corrected chi connectivity index (χ2v) is 6.28. The maximum atomic E-state index is 12.4. The van der Waals surface area contributed by atoms with Gasteiger partial charge in [0, 0.05) is 0 Å². The summed E-state index contributed by atoms with van der Waals surface area (Å²) in [5.74, 6) is -0.536. The normalized spacial score (nSPS) is 11.5. The second-order valence-electron chi connectivity index (χ2n) is 6.28. The summed E-state index contributed by atoms with van der Waals surface area (Å²) >= 11 is 0. The number of nitrogens with zero attached hydrogens (tertiary/aromatic N) is 2. The molecule has 0 aliphatic carbocycles. The molecule has 0 radical (unpaired) electrons. The molecule has 0 aliphatic heterocycles. The van der Waals surface area contributed by atoms with Crippen LogP contribution in [0.5, 0.6) is 0 Å². The van der Waals surface area contributed by atoms with E-state index in [1.54, 1.807) is 10.9 Å². The van der Waals surface area contributed by atoms with E-state index >= 15 is 0 Å². The molecular weight excluding hydrogens is 372 g/mol. The van der Waals surface area contributed by atoms with Gasteiger partial charge in [-0.05, 0) is 18.1 Å². The molecule has 3 aromatic rings. The van der Waals surface area contributed by atoms with Crippen LogP contribution < -0.4 is 0 Å². The number of aromatic nitrogens is 2. The Morgan fingerprint density at radius 1 is 0.931 bits per heavy atom. The molecule has 0 N–H and O–H groups in total. The summed E-state index contributed by atoms with van der Waals surface area (Å²) < 4.78 is 16.8. The summed E-state index contributed by atoms with van der Waals surface area (Å²) in [5.41, 5.74) is 2.23. The number of carbonyl (C=O) groups is 2. The fourth-order valence-corrected chi connectivity index (χ4v) is 2.75. The van der Waals surface area contributed by atoms with Crippen LogP contribution in [0, 0.1) is 0 Å². The first-order valence-electron chi connectivity index (χ1n) is 9.22. The summed E-state index contributed by atoms with van der Waals surface area (Å²) in [4.78, 5) is 28.0. The van der Waals surface area contributed by atoms with Gasteiger partial charge in [-0.3, -0.25) is 0 Å². The highest BCUT2D eigenvalue weighted by molar-refractivity contribution is 5.87. The Kier molecular flexibility index (Phi) is 7.00. The smallest absolute Gasteiger partial charge is 0.457 e. The Balaban J connectivity index is 1.43. The lowest BCUT2D eigenvalue weighted by Crippen LogP contribution is -2.18. The molecule has 150 valence electrons. The Bertz CT molecular complexity index is 925. The van der Waals surface area contributed by atoms with Gasteiger partial charge in [0.15, 0.2) is 0 Å². The molecule has 7 heteroatoms.